The van der Waals surface area contributed by atoms with Crippen LogP contribution >= 0.6 is 15.9 Å². The molecule has 0 fully saturated rings. The minimum absolute atomic E-state index is 0.368. The number of halogens is 2. The molecule has 0 radical (unpaired) electrons. The Balaban J connectivity index is 2.46. The minimum atomic E-state index is -0.892. The van der Waals surface area contributed by atoms with Crippen LogP contribution in [0.3, 0.4) is 0 Å². The van der Waals surface area contributed by atoms with Crippen molar-refractivity contribution in [3.05, 3.63) is 63.9 Å². The van der Waals surface area contributed by atoms with Gasteiger partial charge in [0, 0.05) is 16.1 Å². The Kier molecular flexibility index (Phi) is 3.92. The van der Waals surface area contributed by atoms with E-state index in [0.29, 0.717) is 11.3 Å². The Hall–Kier alpha value is -1.39. The molecule has 0 saturated heterocycles. The Labute approximate surface area is 120 Å². The highest BCUT2D eigenvalue weighted by Gasteiger charge is 2.27. The van der Waals surface area contributed by atoms with E-state index < -0.39 is 5.54 Å². The van der Waals surface area contributed by atoms with Crippen LogP contribution in [0.25, 0.3) is 0 Å². The van der Waals surface area contributed by atoms with Crippen molar-refractivity contribution < 1.29 is 9.13 Å². The first-order valence-electron chi connectivity index (χ1n) is 5.84. The molecule has 1 atom stereocenters. The van der Waals surface area contributed by atoms with Gasteiger partial charge in [0.15, 0.2) is 0 Å². The van der Waals surface area contributed by atoms with Gasteiger partial charge in [0.1, 0.15) is 11.6 Å². The maximum absolute atomic E-state index is 14.1. The molecule has 0 bridgehead atoms. The van der Waals surface area contributed by atoms with Gasteiger partial charge in [0.2, 0.25) is 0 Å². The number of hydrogen-bond donors (Lipinski definition) is 1. The van der Waals surface area contributed by atoms with Crippen LogP contribution in [-0.4, -0.2) is 7.11 Å². The predicted octanol–water partition coefficient (Wildman–Crippen LogP) is 3.82. The zero-order valence-corrected chi connectivity index (χ0v) is 12.4. The Morgan fingerprint density at radius 3 is 2.32 bits per heavy atom. The molecule has 2 aromatic carbocycles. The Morgan fingerprint density at radius 2 is 1.79 bits per heavy atom. The molecule has 19 heavy (non-hydrogen) atoms. The summed E-state index contributed by atoms with van der Waals surface area (Å²) in [5.41, 5.74) is 6.70. The van der Waals surface area contributed by atoms with E-state index in [2.05, 4.69) is 15.9 Å². The van der Waals surface area contributed by atoms with Crippen LogP contribution in [0.1, 0.15) is 18.1 Å². The second kappa shape index (κ2) is 5.31. The maximum Gasteiger partial charge on any atom is 0.132 e. The van der Waals surface area contributed by atoms with Gasteiger partial charge < -0.3 is 10.5 Å². The first kappa shape index (κ1) is 14.0. The Morgan fingerprint density at radius 1 is 1.16 bits per heavy atom. The zero-order chi connectivity index (χ0) is 14.0. The van der Waals surface area contributed by atoms with E-state index in [1.165, 1.54) is 13.2 Å². The van der Waals surface area contributed by atoms with Gasteiger partial charge in [-0.05, 0) is 30.7 Å². The second-order valence-electron chi connectivity index (χ2n) is 4.56. The first-order chi connectivity index (χ1) is 8.95. The Bertz CT molecular complexity index is 581. The lowest BCUT2D eigenvalue weighted by Crippen LogP contribution is -2.35. The fourth-order valence-electron chi connectivity index (χ4n) is 2.00. The van der Waals surface area contributed by atoms with E-state index in [1.807, 2.05) is 24.3 Å². The monoisotopic (exact) mass is 323 g/mol. The SMILES string of the molecule is COc1ccc(C(C)(N)c2ccc(Br)cc2)c(F)c1. The maximum atomic E-state index is 14.1. The topological polar surface area (TPSA) is 35.2 Å². The van der Waals surface area contributed by atoms with Gasteiger partial charge in [-0.3, -0.25) is 0 Å². The van der Waals surface area contributed by atoms with Crippen molar-refractivity contribution in [1.82, 2.24) is 0 Å². The van der Waals surface area contributed by atoms with Crippen molar-refractivity contribution in [3.8, 4) is 5.75 Å². The number of nitrogens with two attached hydrogens (primary N) is 1. The molecule has 2 rings (SSSR count). The molecule has 0 amide bonds. The third-order valence-corrected chi connectivity index (χ3v) is 3.71. The molecule has 0 heterocycles. The van der Waals surface area contributed by atoms with Gasteiger partial charge in [-0.2, -0.15) is 0 Å². The molecule has 2 aromatic rings. The minimum Gasteiger partial charge on any atom is -0.497 e. The molecule has 2 nitrogen and oxygen atoms in total. The summed E-state index contributed by atoms with van der Waals surface area (Å²) >= 11 is 3.37. The van der Waals surface area contributed by atoms with Gasteiger partial charge in [-0.1, -0.05) is 34.1 Å². The third-order valence-electron chi connectivity index (χ3n) is 3.18. The molecule has 0 saturated carbocycles. The molecular formula is C15H15BrFNO. The van der Waals surface area contributed by atoms with Crippen molar-refractivity contribution in [3.63, 3.8) is 0 Å². The molecular weight excluding hydrogens is 309 g/mol. The van der Waals surface area contributed by atoms with Crippen LogP contribution in [0, 0.1) is 5.82 Å². The normalized spacial score (nSPS) is 13.9. The fourth-order valence-corrected chi connectivity index (χ4v) is 2.26. The summed E-state index contributed by atoms with van der Waals surface area (Å²) in [6.07, 6.45) is 0. The van der Waals surface area contributed by atoms with Gasteiger partial charge in [0.25, 0.3) is 0 Å². The van der Waals surface area contributed by atoms with Crippen LogP contribution in [0.15, 0.2) is 46.9 Å². The average molecular weight is 324 g/mol. The summed E-state index contributed by atoms with van der Waals surface area (Å²) in [6.45, 7) is 1.79. The van der Waals surface area contributed by atoms with Crippen LogP contribution in [-0.2, 0) is 5.54 Å². The molecule has 100 valence electrons. The summed E-state index contributed by atoms with van der Waals surface area (Å²) < 4.78 is 20.1. The number of rotatable bonds is 3. The summed E-state index contributed by atoms with van der Waals surface area (Å²) in [7, 11) is 1.50. The smallest absolute Gasteiger partial charge is 0.132 e. The van der Waals surface area contributed by atoms with Crippen LogP contribution in [0.2, 0.25) is 0 Å². The predicted molar refractivity (Wildman–Crippen MR) is 77.7 cm³/mol. The van der Waals surface area contributed by atoms with Gasteiger partial charge in [-0.15, -0.1) is 0 Å². The number of ether oxygens (including phenoxy) is 1. The lowest BCUT2D eigenvalue weighted by atomic mass is 9.85. The van der Waals surface area contributed by atoms with Crippen LogP contribution in [0.4, 0.5) is 4.39 Å². The summed E-state index contributed by atoms with van der Waals surface area (Å²) in [6, 6.07) is 12.3. The highest BCUT2D eigenvalue weighted by Crippen LogP contribution is 2.31. The van der Waals surface area contributed by atoms with Crippen molar-refractivity contribution in [1.29, 1.82) is 0 Å². The largest absolute Gasteiger partial charge is 0.497 e. The molecule has 0 aromatic heterocycles. The number of methoxy groups -OCH3 is 1. The molecule has 0 spiro atoms. The number of benzene rings is 2. The molecule has 4 heteroatoms. The highest BCUT2D eigenvalue weighted by molar-refractivity contribution is 9.10. The van der Waals surface area contributed by atoms with Crippen molar-refractivity contribution in [2.45, 2.75) is 12.5 Å². The van der Waals surface area contributed by atoms with Crippen molar-refractivity contribution in [2.75, 3.05) is 7.11 Å². The van der Waals surface area contributed by atoms with Crippen molar-refractivity contribution in [2.24, 2.45) is 5.73 Å². The van der Waals surface area contributed by atoms with E-state index in [9.17, 15) is 4.39 Å². The van der Waals surface area contributed by atoms with E-state index in [1.54, 1.807) is 19.1 Å². The van der Waals surface area contributed by atoms with Crippen LogP contribution < -0.4 is 10.5 Å². The van der Waals surface area contributed by atoms with Crippen molar-refractivity contribution >= 4 is 15.9 Å². The quantitative estimate of drug-likeness (QED) is 0.931. The van der Waals surface area contributed by atoms with E-state index in [-0.39, 0.29) is 5.82 Å². The van der Waals surface area contributed by atoms with Gasteiger partial charge >= 0.3 is 0 Å². The van der Waals surface area contributed by atoms with Crippen LogP contribution in [0.5, 0.6) is 5.75 Å². The van der Waals surface area contributed by atoms with Gasteiger partial charge in [-0.25, -0.2) is 4.39 Å². The molecule has 0 aliphatic carbocycles. The van der Waals surface area contributed by atoms with Gasteiger partial charge in [0.05, 0.1) is 12.6 Å². The molecule has 0 aliphatic heterocycles. The van der Waals surface area contributed by atoms with E-state index >= 15 is 0 Å². The standard InChI is InChI=1S/C15H15BrFNO/c1-15(18,10-3-5-11(16)6-4-10)13-8-7-12(19-2)9-14(13)17/h3-9H,18H2,1-2H3. The lowest BCUT2D eigenvalue weighted by Gasteiger charge is -2.26. The molecule has 2 N–H and O–H groups in total. The van der Waals surface area contributed by atoms with E-state index in [4.69, 9.17) is 10.5 Å². The lowest BCUT2D eigenvalue weighted by molar-refractivity contribution is 0.409. The number of hydrogen-bond acceptors (Lipinski definition) is 2. The summed E-state index contributed by atoms with van der Waals surface area (Å²) in [5.74, 6) is 0.111. The third kappa shape index (κ3) is 2.80. The summed E-state index contributed by atoms with van der Waals surface area (Å²) in [4.78, 5) is 0. The first-order valence-corrected chi connectivity index (χ1v) is 6.63. The second-order valence-corrected chi connectivity index (χ2v) is 5.47. The average Bonchev–Trinajstić information content (AvgIpc) is 2.38. The van der Waals surface area contributed by atoms with E-state index in [0.717, 1.165) is 10.0 Å². The summed E-state index contributed by atoms with van der Waals surface area (Å²) in [5, 5.41) is 0. The fraction of sp³-hybridized carbons (Fsp3) is 0.200. The molecule has 0 aliphatic rings. The zero-order valence-electron chi connectivity index (χ0n) is 10.8. The highest BCUT2D eigenvalue weighted by atomic mass is 79.9. The molecule has 1 unspecified atom stereocenters.